The van der Waals surface area contributed by atoms with Crippen LogP contribution < -0.4 is 4.90 Å². The minimum atomic E-state index is -1.09. The maximum absolute atomic E-state index is 11.3. The SMILES string of the molecule is CC(O)c1cc(N(CCOCCO)CCOCCO)ccc1C(=O)O. The molecule has 0 heterocycles. The zero-order chi connectivity index (χ0) is 18.7. The highest BCUT2D eigenvalue weighted by atomic mass is 16.5. The number of nitrogens with zero attached hydrogens (tertiary/aromatic N) is 1. The van der Waals surface area contributed by atoms with E-state index in [4.69, 9.17) is 19.7 Å². The highest BCUT2D eigenvalue weighted by molar-refractivity contribution is 5.90. The molecule has 142 valence electrons. The Morgan fingerprint density at radius 3 is 2.08 bits per heavy atom. The lowest BCUT2D eigenvalue weighted by molar-refractivity contribution is 0.0690. The van der Waals surface area contributed by atoms with E-state index in [-0.39, 0.29) is 32.0 Å². The zero-order valence-electron chi connectivity index (χ0n) is 14.4. The van der Waals surface area contributed by atoms with Crippen molar-refractivity contribution in [3.8, 4) is 0 Å². The number of carbonyl (C=O) groups is 1. The molecule has 0 aromatic heterocycles. The summed E-state index contributed by atoms with van der Waals surface area (Å²) in [6.45, 7) is 3.67. The van der Waals surface area contributed by atoms with Crippen LogP contribution in [-0.4, -0.2) is 79.1 Å². The van der Waals surface area contributed by atoms with Gasteiger partial charge in [0.1, 0.15) is 0 Å². The molecule has 0 fully saturated rings. The Hall–Kier alpha value is -1.71. The van der Waals surface area contributed by atoms with Gasteiger partial charge < -0.3 is 34.8 Å². The fourth-order valence-electron chi connectivity index (χ4n) is 2.34. The Kier molecular flexibility index (Phi) is 10.0. The van der Waals surface area contributed by atoms with Crippen LogP contribution in [0.1, 0.15) is 28.9 Å². The van der Waals surface area contributed by atoms with Crippen molar-refractivity contribution < 1.29 is 34.7 Å². The maximum atomic E-state index is 11.3. The Balaban J connectivity index is 2.90. The van der Waals surface area contributed by atoms with Crippen molar-refractivity contribution in [3.63, 3.8) is 0 Å². The van der Waals surface area contributed by atoms with Gasteiger partial charge in [-0.2, -0.15) is 0 Å². The predicted molar refractivity (Wildman–Crippen MR) is 92.1 cm³/mol. The van der Waals surface area contributed by atoms with Crippen LogP contribution in [-0.2, 0) is 9.47 Å². The number of carboxylic acid groups (broad SMARTS) is 1. The van der Waals surface area contributed by atoms with Gasteiger partial charge >= 0.3 is 5.97 Å². The number of aliphatic hydroxyl groups excluding tert-OH is 3. The van der Waals surface area contributed by atoms with E-state index >= 15 is 0 Å². The third kappa shape index (κ3) is 7.37. The van der Waals surface area contributed by atoms with Crippen molar-refractivity contribution in [2.75, 3.05) is 57.6 Å². The van der Waals surface area contributed by atoms with Gasteiger partial charge in [-0.15, -0.1) is 0 Å². The van der Waals surface area contributed by atoms with Gasteiger partial charge in [0.05, 0.1) is 51.3 Å². The summed E-state index contributed by atoms with van der Waals surface area (Å²) in [5.41, 5.74) is 1.13. The summed E-state index contributed by atoms with van der Waals surface area (Å²) in [6, 6.07) is 4.79. The average Bonchev–Trinajstić information content (AvgIpc) is 2.59. The smallest absolute Gasteiger partial charge is 0.336 e. The van der Waals surface area contributed by atoms with Crippen LogP contribution in [0.2, 0.25) is 0 Å². The molecule has 0 aliphatic rings. The minimum Gasteiger partial charge on any atom is -0.478 e. The number of anilines is 1. The van der Waals surface area contributed by atoms with Gasteiger partial charge in [-0.3, -0.25) is 0 Å². The molecular weight excluding hydrogens is 330 g/mol. The van der Waals surface area contributed by atoms with Crippen LogP contribution in [0.15, 0.2) is 18.2 Å². The molecule has 1 rings (SSSR count). The van der Waals surface area contributed by atoms with Gasteiger partial charge in [-0.1, -0.05) is 0 Å². The van der Waals surface area contributed by atoms with E-state index in [0.29, 0.717) is 31.9 Å². The first-order valence-electron chi connectivity index (χ1n) is 8.18. The first kappa shape index (κ1) is 21.3. The molecule has 0 aliphatic heterocycles. The maximum Gasteiger partial charge on any atom is 0.336 e. The second-order valence-corrected chi connectivity index (χ2v) is 5.41. The van der Waals surface area contributed by atoms with E-state index in [1.165, 1.54) is 13.0 Å². The molecule has 1 atom stereocenters. The van der Waals surface area contributed by atoms with Crippen LogP contribution >= 0.6 is 0 Å². The first-order valence-corrected chi connectivity index (χ1v) is 8.18. The molecular formula is C17H27NO7. The molecule has 0 saturated carbocycles. The molecule has 0 radical (unpaired) electrons. The highest BCUT2D eigenvalue weighted by Gasteiger charge is 2.17. The van der Waals surface area contributed by atoms with Crippen molar-refractivity contribution in [1.29, 1.82) is 0 Å². The van der Waals surface area contributed by atoms with Gasteiger partial charge in [0, 0.05) is 18.8 Å². The first-order chi connectivity index (χ1) is 12.0. The topological polar surface area (TPSA) is 120 Å². The second-order valence-electron chi connectivity index (χ2n) is 5.41. The van der Waals surface area contributed by atoms with Crippen molar-refractivity contribution in [2.24, 2.45) is 0 Å². The summed E-state index contributed by atoms with van der Waals surface area (Å²) in [7, 11) is 0. The van der Waals surface area contributed by atoms with E-state index < -0.39 is 12.1 Å². The lowest BCUT2D eigenvalue weighted by Crippen LogP contribution is -2.31. The molecule has 0 saturated heterocycles. The number of hydrogen-bond acceptors (Lipinski definition) is 7. The van der Waals surface area contributed by atoms with Gasteiger partial charge in [0.15, 0.2) is 0 Å². The molecule has 0 amide bonds. The Morgan fingerprint density at radius 2 is 1.64 bits per heavy atom. The molecule has 0 spiro atoms. The molecule has 1 unspecified atom stereocenters. The lowest BCUT2D eigenvalue weighted by Gasteiger charge is -2.26. The molecule has 1 aromatic rings. The molecule has 8 heteroatoms. The summed E-state index contributed by atoms with van der Waals surface area (Å²) in [5.74, 6) is -1.09. The number of hydrogen-bond donors (Lipinski definition) is 4. The Morgan fingerprint density at radius 1 is 1.08 bits per heavy atom. The van der Waals surface area contributed by atoms with E-state index in [1.54, 1.807) is 12.1 Å². The number of aromatic carboxylic acids is 1. The zero-order valence-corrected chi connectivity index (χ0v) is 14.4. The molecule has 8 nitrogen and oxygen atoms in total. The minimum absolute atomic E-state index is 0.0565. The van der Waals surface area contributed by atoms with Gasteiger partial charge in [0.25, 0.3) is 0 Å². The number of ether oxygens (including phenoxy) is 2. The number of aliphatic hydroxyl groups is 3. The standard InChI is InChI=1S/C17H27NO7/c1-13(21)16-12-14(2-3-15(16)17(22)23)18(4-8-24-10-6-19)5-9-25-11-7-20/h2-3,12-13,19-21H,4-11H2,1H3,(H,22,23). The molecule has 4 N–H and O–H groups in total. The summed E-state index contributed by atoms with van der Waals surface area (Å²) in [5, 5.41) is 36.6. The summed E-state index contributed by atoms with van der Waals surface area (Å²) < 4.78 is 10.6. The molecule has 25 heavy (non-hydrogen) atoms. The lowest BCUT2D eigenvalue weighted by atomic mass is 10.0. The van der Waals surface area contributed by atoms with E-state index in [2.05, 4.69) is 0 Å². The van der Waals surface area contributed by atoms with Crippen molar-refractivity contribution in [3.05, 3.63) is 29.3 Å². The third-order valence-electron chi connectivity index (χ3n) is 3.56. The molecule has 0 bridgehead atoms. The largest absolute Gasteiger partial charge is 0.478 e. The highest BCUT2D eigenvalue weighted by Crippen LogP contribution is 2.25. The fraction of sp³-hybridized carbons (Fsp3) is 0.588. The summed E-state index contributed by atoms with van der Waals surface area (Å²) in [4.78, 5) is 13.2. The van der Waals surface area contributed by atoms with E-state index in [9.17, 15) is 15.0 Å². The van der Waals surface area contributed by atoms with Crippen LogP contribution in [0, 0.1) is 0 Å². The second kappa shape index (κ2) is 11.8. The van der Waals surface area contributed by atoms with Crippen LogP contribution in [0.25, 0.3) is 0 Å². The average molecular weight is 357 g/mol. The summed E-state index contributed by atoms with van der Waals surface area (Å²) in [6.07, 6.45) is -0.913. The number of benzene rings is 1. The molecule has 1 aromatic carbocycles. The van der Waals surface area contributed by atoms with Gasteiger partial charge in [0.2, 0.25) is 0 Å². The van der Waals surface area contributed by atoms with Gasteiger partial charge in [-0.25, -0.2) is 4.79 Å². The fourth-order valence-corrected chi connectivity index (χ4v) is 2.34. The third-order valence-corrected chi connectivity index (χ3v) is 3.56. The monoisotopic (exact) mass is 357 g/mol. The quantitative estimate of drug-likeness (QED) is 0.371. The van der Waals surface area contributed by atoms with Gasteiger partial charge in [-0.05, 0) is 30.7 Å². The van der Waals surface area contributed by atoms with E-state index in [0.717, 1.165) is 5.69 Å². The van der Waals surface area contributed by atoms with Crippen molar-refractivity contribution in [2.45, 2.75) is 13.0 Å². The number of carboxylic acids is 1. The Bertz CT molecular complexity index is 510. The van der Waals surface area contributed by atoms with Crippen LogP contribution in [0.5, 0.6) is 0 Å². The van der Waals surface area contributed by atoms with Crippen molar-refractivity contribution in [1.82, 2.24) is 0 Å². The molecule has 0 aliphatic carbocycles. The van der Waals surface area contributed by atoms with Crippen LogP contribution in [0.4, 0.5) is 5.69 Å². The summed E-state index contributed by atoms with van der Waals surface area (Å²) >= 11 is 0. The normalized spacial score (nSPS) is 12.2. The predicted octanol–water partition coefficient (Wildman–Crippen LogP) is 0.262. The van der Waals surface area contributed by atoms with Crippen molar-refractivity contribution >= 4 is 11.7 Å². The van der Waals surface area contributed by atoms with Crippen LogP contribution in [0.3, 0.4) is 0 Å². The van der Waals surface area contributed by atoms with E-state index in [1.807, 2.05) is 4.90 Å². The Labute approximate surface area is 147 Å². The number of rotatable bonds is 13.